The molecule has 0 aliphatic carbocycles. The molecule has 1 N–H and O–H groups in total. The molecule has 0 spiro atoms. The Morgan fingerprint density at radius 1 is 1.25 bits per heavy atom. The molecule has 0 fully saturated rings. The van der Waals surface area contributed by atoms with Gasteiger partial charge in [0.05, 0.1) is 6.61 Å². The molecule has 0 aliphatic heterocycles. The molecule has 0 atom stereocenters. The summed E-state index contributed by atoms with van der Waals surface area (Å²) < 4.78 is 5.07. The number of methoxy groups -OCH3 is 1. The maximum absolute atomic E-state index is 12.2. The van der Waals surface area contributed by atoms with Gasteiger partial charge in [-0.15, -0.1) is 0 Å². The van der Waals surface area contributed by atoms with Crippen molar-refractivity contribution < 1.29 is 9.53 Å². The second kappa shape index (κ2) is 6.55. The maximum Gasteiger partial charge on any atom is 0.255 e. The van der Waals surface area contributed by atoms with E-state index in [2.05, 4.69) is 5.32 Å². The Balaban J connectivity index is 2.17. The number of carbonyl (C=O) groups excluding carboxylic acids is 1. The average Bonchev–Trinajstić information content (AvgIpc) is 2.42. The van der Waals surface area contributed by atoms with Gasteiger partial charge < -0.3 is 10.1 Å². The zero-order valence-electron chi connectivity index (χ0n) is 11.4. The number of amides is 1. The van der Waals surface area contributed by atoms with Crippen molar-refractivity contribution in [3.63, 3.8) is 0 Å². The first-order valence-corrected chi connectivity index (χ1v) is 6.63. The highest BCUT2D eigenvalue weighted by atomic mass is 35.5. The fourth-order valence-corrected chi connectivity index (χ4v) is 2.16. The second-order valence-corrected chi connectivity index (χ2v) is 4.98. The topological polar surface area (TPSA) is 38.3 Å². The number of benzene rings is 2. The minimum atomic E-state index is -0.145. The van der Waals surface area contributed by atoms with E-state index in [-0.39, 0.29) is 5.91 Å². The molecule has 20 heavy (non-hydrogen) atoms. The van der Waals surface area contributed by atoms with E-state index < -0.39 is 0 Å². The maximum atomic E-state index is 12.2. The number of carbonyl (C=O) groups is 1. The molecule has 0 aromatic heterocycles. The first kappa shape index (κ1) is 14.6. The van der Waals surface area contributed by atoms with Crippen LogP contribution in [-0.4, -0.2) is 13.0 Å². The molecule has 0 radical (unpaired) electrons. The van der Waals surface area contributed by atoms with Crippen molar-refractivity contribution in [2.75, 3.05) is 12.4 Å². The molecule has 0 heterocycles. The van der Waals surface area contributed by atoms with Gasteiger partial charge in [-0.25, -0.2) is 0 Å². The SMILES string of the molecule is COCc1cccc(C(=O)Nc2ccc(Cl)cc2C)c1. The Morgan fingerprint density at radius 3 is 2.75 bits per heavy atom. The van der Waals surface area contributed by atoms with E-state index in [0.29, 0.717) is 17.2 Å². The van der Waals surface area contributed by atoms with Crippen molar-refractivity contribution in [3.8, 4) is 0 Å². The van der Waals surface area contributed by atoms with Crippen LogP contribution in [0.3, 0.4) is 0 Å². The largest absolute Gasteiger partial charge is 0.380 e. The highest BCUT2D eigenvalue weighted by molar-refractivity contribution is 6.30. The van der Waals surface area contributed by atoms with Crippen molar-refractivity contribution >= 4 is 23.2 Å². The summed E-state index contributed by atoms with van der Waals surface area (Å²) in [5.41, 5.74) is 3.26. The highest BCUT2D eigenvalue weighted by Crippen LogP contribution is 2.20. The summed E-state index contributed by atoms with van der Waals surface area (Å²) >= 11 is 5.90. The molecule has 1 amide bonds. The number of aryl methyl sites for hydroxylation is 1. The van der Waals surface area contributed by atoms with Gasteiger partial charge in [0.2, 0.25) is 0 Å². The summed E-state index contributed by atoms with van der Waals surface area (Å²) in [6.07, 6.45) is 0. The summed E-state index contributed by atoms with van der Waals surface area (Å²) in [4.78, 5) is 12.2. The summed E-state index contributed by atoms with van der Waals surface area (Å²) in [5, 5.41) is 3.54. The predicted molar refractivity (Wildman–Crippen MR) is 81.3 cm³/mol. The van der Waals surface area contributed by atoms with Crippen molar-refractivity contribution in [1.82, 2.24) is 0 Å². The number of nitrogens with one attached hydrogen (secondary N) is 1. The Hall–Kier alpha value is -1.84. The molecule has 2 aromatic rings. The third-order valence-corrected chi connectivity index (χ3v) is 3.17. The molecular formula is C16H16ClNO2. The molecule has 0 saturated heterocycles. The number of anilines is 1. The minimum Gasteiger partial charge on any atom is -0.380 e. The quantitative estimate of drug-likeness (QED) is 0.922. The van der Waals surface area contributed by atoms with Crippen LogP contribution in [0.15, 0.2) is 42.5 Å². The molecule has 4 heteroatoms. The molecular weight excluding hydrogens is 274 g/mol. The first-order chi connectivity index (χ1) is 9.60. The standard InChI is InChI=1S/C16H16ClNO2/c1-11-8-14(17)6-7-15(11)18-16(19)13-5-3-4-12(9-13)10-20-2/h3-9H,10H2,1-2H3,(H,18,19). The Kier molecular flexibility index (Phi) is 4.77. The van der Waals surface area contributed by atoms with Crippen molar-refractivity contribution in [1.29, 1.82) is 0 Å². The zero-order chi connectivity index (χ0) is 14.5. The lowest BCUT2D eigenvalue weighted by atomic mass is 10.1. The van der Waals surface area contributed by atoms with Crippen LogP contribution in [0.1, 0.15) is 21.5 Å². The van der Waals surface area contributed by atoms with Gasteiger partial charge in [0, 0.05) is 23.4 Å². The second-order valence-electron chi connectivity index (χ2n) is 4.55. The van der Waals surface area contributed by atoms with Gasteiger partial charge in [-0.2, -0.15) is 0 Å². The van der Waals surface area contributed by atoms with Crippen molar-refractivity contribution in [3.05, 3.63) is 64.2 Å². The lowest BCUT2D eigenvalue weighted by Gasteiger charge is -2.09. The van der Waals surface area contributed by atoms with Crippen LogP contribution >= 0.6 is 11.6 Å². The number of hydrogen-bond acceptors (Lipinski definition) is 2. The molecule has 0 saturated carbocycles. The summed E-state index contributed by atoms with van der Waals surface area (Å²) in [6, 6.07) is 12.7. The van der Waals surface area contributed by atoms with Crippen LogP contribution in [0, 0.1) is 6.92 Å². The highest BCUT2D eigenvalue weighted by Gasteiger charge is 2.08. The van der Waals surface area contributed by atoms with Crippen molar-refractivity contribution in [2.24, 2.45) is 0 Å². The monoisotopic (exact) mass is 289 g/mol. The van der Waals surface area contributed by atoms with Crippen LogP contribution in [0.4, 0.5) is 5.69 Å². The molecule has 2 rings (SSSR count). The molecule has 0 aliphatic rings. The minimum absolute atomic E-state index is 0.145. The van der Waals surface area contributed by atoms with Crippen LogP contribution in [0.5, 0.6) is 0 Å². The number of hydrogen-bond donors (Lipinski definition) is 1. The lowest BCUT2D eigenvalue weighted by Crippen LogP contribution is -2.13. The fraction of sp³-hybridized carbons (Fsp3) is 0.188. The van der Waals surface area contributed by atoms with Crippen LogP contribution in [0.2, 0.25) is 5.02 Å². The van der Waals surface area contributed by atoms with E-state index in [9.17, 15) is 4.79 Å². The lowest BCUT2D eigenvalue weighted by molar-refractivity contribution is 0.102. The third-order valence-electron chi connectivity index (χ3n) is 2.94. The van der Waals surface area contributed by atoms with E-state index in [1.807, 2.05) is 31.2 Å². The summed E-state index contributed by atoms with van der Waals surface area (Å²) in [6.45, 7) is 2.39. The first-order valence-electron chi connectivity index (χ1n) is 6.25. The van der Waals surface area contributed by atoms with Gasteiger partial charge in [0.15, 0.2) is 0 Å². The average molecular weight is 290 g/mol. The van der Waals surface area contributed by atoms with Gasteiger partial charge >= 0.3 is 0 Å². The Bertz CT molecular complexity index is 626. The zero-order valence-corrected chi connectivity index (χ0v) is 12.2. The fourth-order valence-electron chi connectivity index (χ4n) is 1.93. The van der Waals surface area contributed by atoms with Crippen molar-refractivity contribution in [2.45, 2.75) is 13.5 Å². The van der Waals surface area contributed by atoms with E-state index in [1.54, 1.807) is 25.3 Å². The third kappa shape index (κ3) is 3.59. The van der Waals surface area contributed by atoms with Gasteiger partial charge in [-0.1, -0.05) is 23.7 Å². The molecule has 0 bridgehead atoms. The van der Waals surface area contributed by atoms with Gasteiger partial charge in [-0.05, 0) is 48.4 Å². The molecule has 3 nitrogen and oxygen atoms in total. The smallest absolute Gasteiger partial charge is 0.255 e. The van der Waals surface area contributed by atoms with Gasteiger partial charge in [0.1, 0.15) is 0 Å². The van der Waals surface area contributed by atoms with Gasteiger partial charge in [0.25, 0.3) is 5.91 Å². The van der Waals surface area contributed by atoms with Crippen LogP contribution in [0.25, 0.3) is 0 Å². The Labute approximate surface area is 123 Å². The summed E-state index contributed by atoms with van der Waals surface area (Å²) in [7, 11) is 1.63. The normalized spacial score (nSPS) is 10.3. The number of rotatable bonds is 4. The molecule has 0 unspecified atom stereocenters. The Morgan fingerprint density at radius 2 is 2.05 bits per heavy atom. The van der Waals surface area contributed by atoms with E-state index in [0.717, 1.165) is 16.8 Å². The van der Waals surface area contributed by atoms with E-state index in [1.165, 1.54) is 0 Å². The summed E-state index contributed by atoms with van der Waals surface area (Å²) in [5.74, 6) is -0.145. The van der Waals surface area contributed by atoms with E-state index >= 15 is 0 Å². The molecule has 2 aromatic carbocycles. The van der Waals surface area contributed by atoms with Crippen LogP contribution < -0.4 is 5.32 Å². The van der Waals surface area contributed by atoms with Gasteiger partial charge in [-0.3, -0.25) is 4.79 Å². The number of ether oxygens (including phenoxy) is 1. The van der Waals surface area contributed by atoms with Crippen LogP contribution in [-0.2, 0) is 11.3 Å². The molecule has 104 valence electrons. The number of halogens is 1. The van der Waals surface area contributed by atoms with E-state index in [4.69, 9.17) is 16.3 Å². The predicted octanol–water partition coefficient (Wildman–Crippen LogP) is 4.05.